The van der Waals surface area contributed by atoms with Crippen LogP contribution in [0.5, 0.6) is 0 Å². The van der Waals surface area contributed by atoms with Crippen LogP contribution in [0.1, 0.15) is 44.2 Å². The van der Waals surface area contributed by atoms with Gasteiger partial charge in [-0.3, -0.25) is 4.79 Å². The number of carbonyl (C=O) groups is 1. The largest absolute Gasteiger partial charge is 0.416 e. The Bertz CT molecular complexity index is 1610. The molecule has 1 N–H and O–H groups in total. The maximum Gasteiger partial charge on any atom is 0.416 e. The molecule has 0 atom stereocenters. The minimum atomic E-state index is -5.47. The summed E-state index contributed by atoms with van der Waals surface area (Å²) in [4.78, 5) is 23.5. The summed E-state index contributed by atoms with van der Waals surface area (Å²) < 4.78 is 133. The SMILES string of the molecule is [2H]C([2H])([2H])C(C(=O)N(C)c1cnc(N2CCN(C)CC2)cc1-c1ccccc1CO)(c1cc(C(F)(F)F)cc(C(F)(F)F)c1)C([2H])([2H])[2H]. The molecule has 0 aliphatic carbocycles. The number of hydrogen-bond donors (Lipinski definition) is 1. The van der Waals surface area contributed by atoms with Gasteiger partial charge in [-0.2, -0.15) is 26.3 Å². The summed E-state index contributed by atoms with van der Waals surface area (Å²) in [6.45, 7) is -6.03. The van der Waals surface area contributed by atoms with E-state index in [4.69, 9.17) is 8.22 Å². The van der Waals surface area contributed by atoms with E-state index in [-0.39, 0.29) is 29.4 Å². The van der Waals surface area contributed by atoms with Crippen LogP contribution in [0.25, 0.3) is 11.1 Å². The Kier molecular flexibility index (Phi) is 6.57. The van der Waals surface area contributed by atoms with E-state index < -0.39 is 60.7 Å². The van der Waals surface area contributed by atoms with E-state index in [1.54, 1.807) is 24.3 Å². The van der Waals surface area contributed by atoms with Crippen LogP contribution >= 0.6 is 0 Å². The minimum absolute atomic E-state index is 0.0452. The number of alkyl halides is 6. The second-order valence-corrected chi connectivity index (χ2v) is 10.1. The molecule has 1 aliphatic rings. The molecule has 0 radical (unpaired) electrons. The second kappa shape index (κ2) is 11.6. The molecule has 1 amide bonds. The Morgan fingerprint density at radius 2 is 1.50 bits per heavy atom. The highest BCUT2D eigenvalue weighted by molar-refractivity contribution is 6.03. The van der Waals surface area contributed by atoms with E-state index in [0.717, 1.165) is 13.2 Å². The van der Waals surface area contributed by atoms with Gasteiger partial charge in [0.1, 0.15) is 5.82 Å². The number of hydrogen-bond acceptors (Lipinski definition) is 5. The third-order valence-electron chi connectivity index (χ3n) is 7.18. The van der Waals surface area contributed by atoms with Crippen molar-refractivity contribution in [2.45, 2.75) is 38.1 Å². The maximum absolute atomic E-state index is 14.5. The number of likely N-dealkylation sites (N-methyl/N-ethyl adjacent to an activating group) is 2. The number of carbonyl (C=O) groups excluding carboxylic acids is 1. The van der Waals surface area contributed by atoms with Crippen molar-refractivity contribution in [1.29, 1.82) is 0 Å². The molecule has 1 aromatic heterocycles. The van der Waals surface area contributed by atoms with Gasteiger partial charge >= 0.3 is 12.4 Å². The normalized spacial score (nSPS) is 17.9. The Morgan fingerprint density at radius 1 is 0.929 bits per heavy atom. The van der Waals surface area contributed by atoms with Crippen LogP contribution in [0, 0.1) is 0 Å². The number of anilines is 2. The number of pyridine rings is 1. The summed E-state index contributed by atoms with van der Waals surface area (Å²) in [6, 6.07) is 7.52. The number of aromatic nitrogens is 1. The third-order valence-corrected chi connectivity index (χ3v) is 7.18. The first-order chi connectivity index (χ1) is 22.0. The first-order valence-electron chi connectivity index (χ1n) is 15.7. The molecule has 0 spiro atoms. The van der Waals surface area contributed by atoms with Crippen molar-refractivity contribution in [2.75, 3.05) is 50.1 Å². The molecule has 0 unspecified atom stereocenters. The van der Waals surface area contributed by atoms with Crippen LogP contribution in [-0.2, 0) is 29.2 Å². The van der Waals surface area contributed by atoms with Crippen LogP contribution in [0.3, 0.4) is 0 Å². The Morgan fingerprint density at radius 3 is 2.05 bits per heavy atom. The zero-order chi connectivity index (χ0) is 36.0. The van der Waals surface area contributed by atoms with E-state index >= 15 is 0 Å². The fourth-order valence-electron chi connectivity index (χ4n) is 4.71. The fourth-order valence-corrected chi connectivity index (χ4v) is 4.71. The number of nitrogens with zero attached hydrogens (tertiary/aromatic N) is 4. The number of rotatable bonds is 6. The lowest BCUT2D eigenvalue weighted by Crippen LogP contribution is -2.45. The highest BCUT2D eigenvalue weighted by atomic mass is 19.4. The van der Waals surface area contributed by atoms with Crippen molar-refractivity contribution in [3.05, 3.63) is 77.0 Å². The number of halogens is 6. The topological polar surface area (TPSA) is 59.9 Å². The first kappa shape index (κ1) is 23.9. The van der Waals surface area contributed by atoms with Gasteiger partial charge in [0, 0.05) is 47.0 Å². The zero-order valence-corrected chi connectivity index (χ0v) is 22.6. The lowest BCUT2D eigenvalue weighted by Gasteiger charge is -2.35. The smallest absolute Gasteiger partial charge is 0.392 e. The lowest BCUT2D eigenvalue weighted by atomic mass is 9.81. The van der Waals surface area contributed by atoms with Crippen molar-refractivity contribution >= 4 is 17.4 Å². The van der Waals surface area contributed by atoms with E-state index in [9.17, 15) is 36.2 Å². The molecule has 0 bridgehead atoms. The van der Waals surface area contributed by atoms with Crippen molar-refractivity contribution in [1.82, 2.24) is 9.88 Å². The van der Waals surface area contributed by atoms with E-state index in [1.807, 2.05) is 11.9 Å². The van der Waals surface area contributed by atoms with Gasteiger partial charge in [-0.25, -0.2) is 4.98 Å². The molecule has 6 nitrogen and oxygen atoms in total. The monoisotopic (exact) mass is 600 g/mol. The average Bonchev–Trinajstić information content (AvgIpc) is 2.98. The third kappa shape index (κ3) is 6.39. The highest BCUT2D eigenvalue weighted by Crippen LogP contribution is 2.41. The Labute approximate surface area is 248 Å². The summed E-state index contributed by atoms with van der Waals surface area (Å²) in [5.74, 6) is -1.41. The molecular weight excluding hydrogens is 562 g/mol. The van der Waals surface area contributed by atoms with Crippen LogP contribution in [0.2, 0.25) is 0 Å². The Balaban J connectivity index is 2.02. The molecular formula is C30H32F6N4O2. The molecule has 1 fully saturated rings. The molecule has 2 aromatic carbocycles. The molecule has 1 aliphatic heterocycles. The van der Waals surface area contributed by atoms with E-state index in [2.05, 4.69) is 9.88 Å². The van der Waals surface area contributed by atoms with Gasteiger partial charge in [0.15, 0.2) is 0 Å². The summed E-state index contributed by atoms with van der Waals surface area (Å²) in [7, 11) is 2.89. The summed E-state index contributed by atoms with van der Waals surface area (Å²) >= 11 is 0. The standard InChI is InChI=1S/C30H32F6N4O2/c1-28(2,20-13-21(29(31,32)33)15-22(14-20)30(34,35)36)27(42)39(4)25-17-37-26(40-11-9-38(3)10-12-40)16-24(25)23-8-6-5-7-19(23)18-41/h5-8,13-17,41H,9-12,18H2,1-4H3/i1D3,2D3. The average molecular weight is 601 g/mol. The van der Waals surface area contributed by atoms with Gasteiger partial charge in [-0.05, 0) is 61.7 Å². The Hall–Kier alpha value is -3.64. The maximum atomic E-state index is 14.5. The molecule has 226 valence electrons. The van der Waals surface area contributed by atoms with Crippen molar-refractivity contribution in [3.8, 4) is 11.1 Å². The van der Waals surface area contributed by atoms with Gasteiger partial charge in [-0.1, -0.05) is 24.3 Å². The van der Waals surface area contributed by atoms with Gasteiger partial charge in [0.2, 0.25) is 5.91 Å². The van der Waals surface area contributed by atoms with E-state index in [1.165, 1.54) is 6.07 Å². The van der Waals surface area contributed by atoms with Gasteiger partial charge < -0.3 is 19.8 Å². The molecule has 42 heavy (non-hydrogen) atoms. The number of piperazine rings is 1. The van der Waals surface area contributed by atoms with Crippen LogP contribution in [-0.4, -0.2) is 61.2 Å². The van der Waals surface area contributed by atoms with Gasteiger partial charge in [-0.15, -0.1) is 0 Å². The fraction of sp³-hybridized carbons (Fsp3) is 0.400. The van der Waals surface area contributed by atoms with Gasteiger partial charge in [0.05, 0.1) is 35.0 Å². The van der Waals surface area contributed by atoms with Crippen LogP contribution < -0.4 is 9.80 Å². The summed E-state index contributed by atoms with van der Waals surface area (Å²) in [6.07, 6.45) is -9.79. The molecule has 3 aromatic rings. The predicted molar refractivity (Wildman–Crippen MR) is 148 cm³/mol. The number of benzene rings is 2. The summed E-state index contributed by atoms with van der Waals surface area (Å²) in [5.41, 5.74) is -8.77. The molecule has 0 saturated carbocycles. The highest BCUT2D eigenvalue weighted by Gasteiger charge is 2.41. The molecule has 12 heteroatoms. The van der Waals surface area contributed by atoms with Gasteiger partial charge in [0.25, 0.3) is 0 Å². The zero-order valence-electron chi connectivity index (χ0n) is 28.6. The van der Waals surface area contributed by atoms with Crippen molar-refractivity contribution in [2.24, 2.45) is 0 Å². The van der Waals surface area contributed by atoms with E-state index in [0.29, 0.717) is 48.0 Å². The number of amides is 1. The molecule has 2 heterocycles. The lowest BCUT2D eigenvalue weighted by molar-refractivity contribution is -0.143. The predicted octanol–water partition coefficient (Wildman–Crippen LogP) is 5.97. The van der Waals surface area contributed by atoms with Crippen LogP contribution in [0.15, 0.2) is 54.7 Å². The number of aliphatic hydroxyl groups is 1. The molecule has 4 rings (SSSR count). The van der Waals surface area contributed by atoms with Crippen molar-refractivity contribution < 1.29 is 44.5 Å². The first-order valence-corrected chi connectivity index (χ1v) is 12.7. The van der Waals surface area contributed by atoms with Crippen molar-refractivity contribution in [3.63, 3.8) is 0 Å². The summed E-state index contributed by atoms with van der Waals surface area (Å²) in [5, 5.41) is 10.1. The number of aliphatic hydroxyl groups excluding tert-OH is 1. The minimum Gasteiger partial charge on any atom is -0.392 e. The van der Waals surface area contributed by atoms with Crippen LogP contribution in [0.4, 0.5) is 37.8 Å². The molecule has 1 saturated heterocycles. The second-order valence-electron chi connectivity index (χ2n) is 10.1. The quantitative estimate of drug-likeness (QED) is 0.354.